The third-order valence-corrected chi connectivity index (χ3v) is 7.33. The van der Waals surface area contributed by atoms with Crippen molar-refractivity contribution in [2.45, 2.75) is 46.0 Å². The average Bonchev–Trinajstić information content (AvgIpc) is 3.25. The number of rotatable bonds is 5. The fourth-order valence-corrected chi connectivity index (χ4v) is 5.34. The van der Waals surface area contributed by atoms with Crippen LogP contribution in [0.5, 0.6) is 0 Å². The Bertz CT molecular complexity index is 923. The van der Waals surface area contributed by atoms with Gasteiger partial charge in [0, 0.05) is 50.7 Å². The molecule has 0 bridgehead atoms. The highest BCUT2D eigenvalue weighted by atomic mass is 16.5. The van der Waals surface area contributed by atoms with Crippen LogP contribution in [0.25, 0.3) is 0 Å². The Balaban J connectivity index is 1.28. The van der Waals surface area contributed by atoms with Gasteiger partial charge in [-0.05, 0) is 51.7 Å². The molecule has 3 heterocycles. The van der Waals surface area contributed by atoms with E-state index in [2.05, 4.69) is 0 Å². The molecule has 0 N–H and O–H groups in total. The number of aryl methyl sites for hydroxylation is 1. The van der Waals surface area contributed by atoms with Crippen LogP contribution >= 0.6 is 0 Å². The molecule has 34 heavy (non-hydrogen) atoms. The van der Waals surface area contributed by atoms with Crippen LogP contribution in [0.4, 0.5) is 5.69 Å². The van der Waals surface area contributed by atoms with E-state index < -0.39 is 0 Å². The van der Waals surface area contributed by atoms with Gasteiger partial charge in [0.15, 0.2) is 0 Å². The summed E-state index contributed by atoms with van der Waals surface area (Å²) >= 11 is 0. The number of carbonyl (C=O) groups excluding carboxylic acids is 4. The summed E-state index contributed by atoms with van der Waals surface area (Å²) in [6, 6.07) is 7.78. The van der Waals surface area contributed by atoms with Crippen LogP contribution < -0.4 is 4.90 Å². The van der Waals surface area contributed by atoms with Crippen LogP contribution in [0.2, 0.25) is 0 Å². The molecule has 0 aliphatic carbocycles. The van der Waals surface area contributed by atoms with Gasteiger partial charge in [0.05, 0.1) is 18.4 Å². The third-order valence-electron chi connectivity index (χ3n) is 7.33. The predicted octanol–water partition coefficient (Wildman–Crippen LogP) is 2.39. The number of benzene rings is 1. The standard InChI is InChI=1S/C26H35N3O5/c1-3-34-26(33)20-5-4-12-28(16-20)24(31)19-10-13-27(14-11-19)25(32)21-15-23(30)29(17-21)22-8-6-18(2)7-9-22/h6-9,19-21H,3-5,10-17H2,1-2H3. The number of nitrogens with zero attached hydrogens (tertiary/aromatic N) is 3. The van der Waals surface area contributed by atoms with Crippen LogP contribution in [-0.4, -0.2) is 72.8 Å². The first-order valence-electron chi connectivity index (χ1n) is 12.5. The SMILES string of the molecule is CCOC(=O)C1CCCN(C(=O)C2CCN(C(=O)C3CC(=O)N(c4ccc(C)cc4)C3)CC2)C1. The van der Waals surface area contributed by atoms with E-state index >= 15 is 0 Å². The molecule has 184 valence electrons. The summed E-state index contributed by atoms with van der Waals surface area (Å²) in [4.78, 5) is 56.2. The van der Waals surface area contributed by atoms with Gasteiger partial charge in [0.25, 0.3) is 0 Å². The zero-order chi connectivity index (χ0) is 24.2. The lowest BCUT2D eigenvalue weighted by Crippen LogP contribution is -2.49. The van der Waals surface area contributed by atoms with Crippen molar-refractivity contribution in [3.63, 3.8) is 0 Å². The lowest BCUT2D eigenvalue weighted by atomic mass is 9.91. The lowest BCUT2D eigenvalue weighted by Gasteiger charge is -2.37. The van der Waals surface area contributed by atoms with Crippen molar-refractivity contribution in [2.75, 3.05) is 44.2 Å². The second-order valence-corrected chi connectivity index (χ2v) is 9.72. The molecule has 0 aromatic heterocycles. The summed E-state index contributed by atoms with van der Waals surface area (Å²) in [6.45, 7) is 6.70. The largest absolute Gasteiger partial charge is 0.466 e. The molecule has 4 rings (SSSR count). The Morgan fingerprint density at radius 3 is 2.24 bits per heavy atom. The van der Waals surface area contributed by atoms with Gasteiger partial charge in [-0.1, -0.05) is 17.7 Å². The van der Waals surface area contributed by atoms with Crippen molar-refractivity contribution < 1.29 is 23.9 Å². The van der Waals surface area contributed by atoms with Gasteiger partial charge in [-0.25, -0.2) is 0 Å². The number of hydrogen-bond acceptors (Lipinski definition) is 5. The minimum Gasteiger partial charge on any atom is -0.466 e. The van der Waals surface area contributed by atoms with Crippen molar-refractivity contribution in [3.8, 4) is 0 Å². The Labute approximate surface area is 201 Å². The molecular formula is C26H35N3O5. The number of carbonyl (C=O) groups is 4. The number of piperidine rings is 2. The van der Waals surface area contributed by atoms with Gasteiger partial charge in [-0.2, -0.15) is 0 Å². The summed E-state index contributed by atoms with van der Waals surface area (Å²) in [6.07, 6.45) is 3.03. The summed E-state index contributed by atoms with van der Waals surface area (Å²) in [5, 5.41) is 0. The maximum absolute atomic E-state index is 13.1. The van der Waals surface area contributed by atoms with Crippen molar-refractivity contribution in [2.24, 2.45) is 17.8 Å². The van der Waals surface area contributed by atoms with Gasteiger partial charge >= 0.3 is 5.97 Å². The van der Waals surface area contributed by atoms with E-state index in [1.165, 1.54) is 0 Å². The molecule has 8 heteroatoms. The number of anilines is 1. The quantitative estimate of drug-likeness (QED) is 0.618. The highest BCUT2D eigenvalue weighted by Crippen LogP contribution is 2.29. The number of esters is 1. The fraction of sp³-hybridized carbons (Fsp3) is 0.615. The zero-order valence-electron chi connectivity index (χ0n) is 20.2. The molecule has 3 fully saturated rings. The summed E-state index contributed by atoms with van der Waals surface area (Å²) < 4.78 is 5.14. The topological polar surface area (TPSA) is 87.2 Å². The molecule has 0 spiro atoms. The molecule has 0 radical (unpaired) electrons. The van der Waals surface area contributed by atoms with E-state index in [9.17, 15) is 19.2 Å². The molecular weight excluding hydrogens is 434 g/mol. The van der Waals surface area contributed by atoms with Crippen LogP contribution in [0.15, 0.2) is 24.3 Å². The first-order chi connectivity index (χ1) is 16.4. The van der Waals surface area contributed by atoms with Crippen molar-refractivity contribution in [1.29, 1.82) is 0 Å². The Morgan fingerprint density at radius 2 is 1.56 bits per heavy atom. The van der Waals surface area contributed by atoms with Gasteiger partial charge in [-0.15, -0.1) is 0 Å². The van der Waals surface area contributed by atoms with Crippen molar-refractivity contribution in [1.82, 2.24) is 9.80 Å². The van der Waals surface area contributed by atoms with Crippen LogP contribution in [-0.2, 0) is 23.9 Å². The highest BCUT2D eigenvalue weighted by Gasteiger charge is 2.39. The van der Waals surface area contributed by atoms with E-state index in [1.54, 1.807) is 11.8 Å². The summed E-state index contributed by atoms with van der Waals surface area (Å²) in [5.74, 6) is -0.847. The fourth-order valence-electron chi connectivity index (χ4n) is 5.34. The minimum atomic E-state index is -0.339. The van der Waals surface area contributed by atoms with E-state index in [0.29, 0.717) is 52.2 Å². The van der Waals surface area contributed by atoms with Crippen LogP contribution in [0.3, 0.4) is 0 Å². The minimum absolute atomic E-state index is 0.00853. The molecule has 3 amide bonds. The second-order valence-electron chi connectivity index (χ2n) is 9.72. The number of likely N-dealkylation sites (tertiary alicyclic amines) is 2. The van der Waals surface area contributed by atoms with Gasteiger partial charge in [0.1, 0.15) is 0 Å². The average molecular weight is 470 g/mol. The van der Waals surface area contributed by atoms with E-state index in [0.717, 1.165) is 24.1 Å². The normalized spacial score (nSPS) is 23.8. The molecule has 1 aromatic rings. The first-order valence-corrected chi connectivity index (χ1v) is 12.5. The summed E-state index contributed by atoms with van der Waals surface area (Å²) in [5.41, 5.74) is 1.96. The Morgan fingerprint density at radius 1 is 0.882 bits per heavy atom. The van der Waals surface area contributed by atoms with Crippen LogP contribution in [0, 0.1) is 24.7 Å². The van der Waals surface area contributed by atoms with Crippen molar-refractivity contribution in [3.05, 3.63) is 29.8 Å². The van der Waals surface area contributed by atoms with Crippen LogP contribution in [0.1, 0.15) is 44.6 Å². The first kappa shape index (κ1) is 24.2. The van der Waals surface area contributed by atoms with Gasteiger partial charge < -0.3 is 19.4 Å². The van der Waals surface area contributed by atoms with E-state index in [4.69, 9.17) is 4.74 Å². The second kappa shape index (κ2) is 10.6. The Kier molecular flexibility index (Phi) is 7.54. The predicted molar refractivity (Wildman–Crippen MR) is 127 cm³/mol. The smallest absolute Gasteiger partial charge is 0.310 e. The maximum Gasteiger partial charge on any atom is 0.310 e. The monoisotopic (exact) mass is 469 g/mol. The molecule has 2 unspecified atom stereocenters. The molecule has 8 nitrogen and oxygen atoms in total. The molecule has 2 atom stereocenters. The van der Waals surface area contributed by atoms with E-state index in [-0.39, 0.29) is 47.9 Å². The Hall–Kier alpha value is -2.90. The molecule has 0 saturated carbocycles. The maximum atomic E-state index is 13.1. The summed E-state index contributed by atoms with van der Waals surface area (Å²) in [7, 11) is 0. The number of ether oxygens (including phenoxy) is 1. The molecule has 3 aliphatic rings. The van der Waals surface area contributed by atoms with E-state index in [1.807, 2.05) is 41.0 Å². The third kappa shape index (κ3) is 5.26. The molecule has 3 aliphatic heterocycles. The zero-order valence-corrected chi connectivity index (χ0v) is 20.2. The highest BCUT2D eigenvalue weighted by molar-refractivity contribution is 6.00. The molecule has 1 aromatic carbocycles. The number of amides is 3. The van der Waals surface area contributed by atoms with Gasteiger partial charge in [0.2, 0.25) is 17.7 Å². The number of hydrogen-bond donors (Lipinski definition) is 0. The van der Waals surface area contributed by atoms with Gasteiger partial charge in [-0.3, -0.25) is 19.2 Å². The van der Waals surface area contributed by atoms with Crippen molar-refractivity contribution >= 4 is 29.4 Å². The molecule has 3 saturated heterocycles. The lowest BCUT2D eigenvalue weighted by molar-refractivity contribution is -0.152.